The number of hydrogen-bond acceptors (Lipinski definition) is 8. The lowest BCUT2D eigenvalue weighted by atomic mass is 9.94. The predicted molar refractivity (Wildman–Crippen MR) is 146 cm³/mol. The molecule has 2 unspecified atom stereocenters. The van der Waals surface area contributed by atoms with Gasteiger partial charge in [0, 0.05) is 65.9 Å². The van der Waals surface area contributed by atoms with Crippen molar-refractivity contribution in [2.75, 3.05) is 16.5 Å². The highest BCUT2D eigenvalue weighted by atomic mass is 15.4. The minimum absolute atomic E-state index is 0.220. The quantitative estimate of drug-likeness (QED) is 0.351. The molecule has 2 aromatic rings. The monoisotopic (exact) mass is 476 g/mol. The number of hydrazine groups is 2. The zero-order chi connectivity index (χ0) is 25.7. The second kappa shape index (κ2) is 11.3. The third-order valence-corrected chi connectivity index (χ3v) is 6.51. The van der Waals surface area contributed by atoms with Gasteiger partial charge >= 0.3 is 0 Å². The van der Waals surface area contributed by atoms with Gasteiger partial charge in [0.2, 0.25) is 0 Å². The number of aromatic nitrogens is 1. The molecule has 35 heavy (non-hydrogen) atoms. The lowest BCUT2D eigenvalue weighted by Gasteiger charge is -2.25. The van der Waals surface area contributed by atoms with Gasteiger partial charge in [-0.25, -0.2) is 16.7 Å². The molecule has 0 saturated carbocycles. The molecule has 8 heteroatoms. The Morgan fingerprint density at radius 2 is 1.89 bits per heavy atom. The molecule has 2 aliphatic heterocycles. The third-order valence-electron chi connectivity index (χ3n) is 6.51. The Labute approximate surface area is 209 Å². The number of nitrogens with two attached hydrogens (primary N) is 4. The van der Waals surface area contributed by atoms with Crippen molar-refractivity contribution in [1.82, 2.24) is 9.99 Å². The fourth-order valence-corrected chi connectivity index (χ4v) is 4.69. The summed E-state index contributed by atoms with van der Waals surface area (Å²) >= 11 is 0. The molecule has 188 valence electrons. The van der Waals surface area contributed by atoms with E-state index in [0.29, 0.717) is 23.5 Å². The average Bonchev–Trinajstić information content (AvgIpc) is 3.37. The highest BCUT2D eigenvalue weighted by Gasteiger charge is 2.42. The molecule has 0 amide bonds. The molecule has 0 aliphatic carbocycles. The molecule has 1 aromatic heterocycles. The maximum Gasteiger partial charge on any atom is 0.146 e. The summed E-state index contributed by atoms with van der Waals surface area (Å²) in [5.74, 6) is 13.4. The maximum absolute atomic E-state index is 6.11. The Bertz CT molecular complexity index is 1070. The Morgan fingerprint density at radius 3 is 2.51 bits per heavy atom. The van der Waals surface area contributed by atoms with Crippen molar-refractivity contribution in [2.45, 2.75) is 46.6 Å². The predicted octanol–water partition coefficient (Wildman–Crippen LogP) is 3.78. The number of hydrogen-bond donors (Lipinski definition) is 4. The number of allylic oxidation sites excluding steroid dienone is 2. The lowest BCUT2D eigenvalue weighted by Crippen LogP contribution is -2.37. The highest BCUT2D eigenvalue weighted by Crippen LogP contribution is 2.46. The molecule has 1 saturated heterocycles. The van der Waals surface area contributed by atoms with Gasteiger partial charge in [0.25, 0.3) is 0 Å². The number of anilines is 2. The molecule has 4 rings (SSSR count). The Hall–Kier alpha value is -3.49. The van der Waals surface area contributed by atoms with Gasteiger partial charge in [0.05, 0.1) is 0 Å². The first-order valence-corrected chi connectivity index (χ1v) is 12.3. The van der Waals surface area contributed by atoms with Crippen LogP contribution < -0.4 is 33.1 Å². The van der Waals surface area contributed by atoms with E-state index in [0.717, 1.165) is 36.2 Å². The van der Waals surface area contributed by atoms with Gasteiger partial charge in [0.15, 0.2) is 0 Å². The SMILES string of the molecule is C=C1CC(CN(N)/C=C\N)C2Cc3cc(-c4ccc(N(N)/C=C(\N)C(C)C)nc4)ccc3N12.CC. The van der Waals surface area contributed by atoms with Crippen LogP contribution in [-0.4, -0.2) is 22.6 Å². The van der Waals surface area contributed by atoms with Crippen molar-refractivity contribution in [3.63, 3.8) is 0 Å². The van der Waals surface area contributed by atoms with Gasteiger partial charge in [-0.05, 0) is 54.2 Å². The number of fused-ring (bicyclic) bond motifs is 3. The number of nitrogens with zero attached hydrogens (tertiary/aromatic N) is 4. The van der Waals surface area contributed by atoms with E-state index >= 15 is 0 Å². The molecule has 1 fully saturated rings. The molecule has 0 bridgehead atoms. The summed E-state index contributed by atoms with van der Waals surface area (Å²) in [7, 11) is 0. The molecular formula is C27H40N8. The van der Waals surface area contributed by atoms with Crippen LogP contribution >= 0.6 is 0 Å². The van der Waals surface area contributed by atoms with Crippen LogP contribution in [0.4, 0.5) is 11.5 Å². The first kappa shape index (κ1) is 26.1. The van der Waals surface area contributed by atoms with Crippen LogP contribution in [-0.2, 0) is 6.42 Å². The van der Waals surface area contributed by atoms with Crippen molar-refractivity contribution >= 4 is 11.5 Å². The highest BCUT2D eigenvalue weighted by molar-refractivity contribution is 5.73. The minimum atomic E-state index is 0.220. The molecule has 2 aliphatic rings. The largest absolute Gasteiger partial charge is 0.403 e. The first-order chi connectivity index (χ1) is 16.8. The van der Waals surface area contributed by atoms with E-state index in [1.165, 1.54) is 22.5 Å². The van der Waals surface area contributed by atoms with Gasteiger partial charge in [-0.1, -0.05) is 40.3 Å². The van der Waals surface area contributed by atoms with Crippen LogP contribution in [0.3, 0.4) is 0 Å². The number of rotatable bonds is 7. The Balaban J connectivity index is 0.00000167. The van der Waals surface area contributed by atoms with Crippen molar-refractivity contribution in [3.8, 4) is 11.1 Å². The summed E-state index contributed by atoms with van der Waals surface area (Å²) in [4.78, 5) is 6.91. The lowest BCUT2D eigenvalue weighted by molar-refractivity contribution is 0.303. The Kier molecular flexibility index (Phi) is 8.43. The second-order valence-electron chi connectivity index (χ2n) is 9.15. The fourth-order valence-electron chi connectivity index (χ4n) is 4.69. The molecule has 8 N–H and O–H groups in total. The summed E-state index contributed by atoms with van der Waals surface area (Å²) < 4.78 is 0. The normalized spacial score (nSPS) is 19.0. The minimum Gasteiger partial charge on any atom is -0.403 e. The standard InChI is InChI=1S/C25H34N8.C2H6/c1-16(2)22(27)15-32(29)25-7-5-19(13-30-25)18-4-6-23-20(11-18)12-24-21(10-17(3)33(23)24)14-31(28)9-8-26;1-2/h4-9,11,13,15-16,21,24H,3,10,12,14,26-29H2,1-2H3;1-2H3/b9-8-,22-15-;. The molecule has 0 radical (unpaired) electrons. The third kappa shape index (κ3) is 5.61. The van der Waals surface area contributed by atoms with Gasteiger partial charge in [-0.3, -0.25) is 5.01 Å². The van der Waals surface area contributed by atoms with Crippen molar-refractivity contribution < 1.29 is 0 Å². The summed E-state index contributed by atoms with van der Waals surface area (Å²) in [6.07, 6.45) is 8.64. The number of benzene rings is 1. The average molecular weight is 477 g/mol. The van der Waals surface area contributed by atoms with Crippen LogP contribution in [0.5, 0.6) is 0 Å². The van der Waals surface area contributed by atoms with Gasteiger partial charge in [-0.2, -0.15) is 0 Å². The van der Waals surface area contributed by atoms with Gasteiger partial charge < -0.3 is 21.4 Å². The van der Waals surface area contributed by atoms with E-state index in [9.17, 15) is 0 Å². The zero-order valence-electron chi connectivity index (χ0n) is 21.4. The van der Waals surface area contributed by atoms with Crippen molar-refractivity contribution in [1.29, 1.82) is 0 Å². The first-order valence-electron chi connectivity index (χ1n) is 12.3. The van der Waals surface area contributed by atoms with Crippen LogP contribution in [0.2, 0.25) is 0 Å². The smallest absolute Gasteiger partial charge is 0.146 e. The van der Waals surface area contributed by atoms with E-state index in [-0.39, 0.29) is 5.92 Å². The van der Waals surface area contributed by atoms with Crippen molar-refractivity contribution in [2.24, 2.45) is 35.0 Å². The van der Waals surface area contributed by atoms with Crippen LogP contribution in [0.1, 0.15) is 39.7 Å². The number of pyridine rings is 1. The van der Waals surface area contributed by atoms with E-state index in [1.807, 2.05) is 46.0 Å². The van der Waals surface area contributed by atoms with Crippen LogP contribution in [0.25, 0.3) is 11.1 Å². The summed E-state index contributed by atoms with van der Waals surface area (Å²) in [6.45, 7) is 13.1. The summed E-state index contributed by atoms with van der Waals surface area (Å²) in [5, 5.41) is 3.12. The summed E-state index contributed by atoms with van der Waals surface area (Å²) in [5.41, 5.74) is 18.1. The van der Waals surface area contributed by atoms with Crippen LogP contribution in [0.15, 0.2) is 73.1 Å². The molecule has 2 atom stereocenters. The molecular weight excluding hydrogens is 436 g/mol. The van der Waals surface area contributed by atoms with E-state index < -0.39 is 0 Å². The Morgan fingerprint density at radius 1 is 1.17 bits per heavy atom. The zero-order valence-corrected chi connectivity index (χ0v) is 21.4. The fraction of sp³-hybridized carbons (Fsp3) is 0.370. The van der Waals surface area contributed by atoms with E-state index in [2.05, 4.69) is 34.7 Å². The topological polar surface area (TPSA) is 127 Å². The van der Waals surface area contributed by atoms with Crippen molar-refractivity contribution in [3.05, 3.63) is 78.7 Å². The second-order valence-corrected chi connectivity index (χ2v) is 9.15. The molecule has 8 nitrogen and oxygen atoms in total. The molecule has 3 heterocycles. The van der Waals surface area contributed by atoms with Gasteiger partial charge in [0.1, 0.15) is 5.82 Å². The van der Waals surface area contributed by atoms with E-state index in [1.54, 1.807) is 17.4 Å². The molecule has 0 spiro atoms. The maximum atomic E-state index is 6.11. The van der Waals surface area contributed by atoms with Crippen LogP contribution in [0, 0.1) is 11.8 Å². The van der Waals surface area contributed by atoms with Gasteiger partial charge in [-0.15, -0.1) is 0 Å². The summed E-state index contributed by atoms with van der Waals surface area (Å²) in [6, 6.07) is 10.9. The molecule has 1 aromatic carbocycles. The van der Waals surface area contributed by atoms with E-state index in [4.69, 9.17) is 23.2 Å².